The molecule has 2 nitrogen and oxygen atoms in total. The molecule has 0 aliphatic rings. The van der Waals surface area contributed by atoms with E-state index in [-0.39, 0.29) is 6.04 Å². The fourth-order valence-corrected chi connectivity index (χ4v) is 1.10. The van der Waals surface area contributed by atoms with Crippen molar-refractivity contribution < 1.29 is 0 Å². The van der Waals surface area contributed by atoms with E-state index in [0.717, 1.165) is 5.56 Å². The van der Waals surface area contributed by atoms with E-state index in [9.17, 15) is 0 Å². The van der Waals surface area contributed by atoms with Gasteiger partial charge in [-0.2, -0.15) is 5.26 Å². The Hall–Kier alpha value is -1.59. The molecule has 1 atom stereocenters. The first kappa shape index (κ1) is 10.5. The lowest BCUT2D eigenvalue weighted by molar-refractivity contribution is 0.399. The standard InChI is InChI=1S/C12H14N2/c1-14(2)12(10-13)9-8-11-6-4-3-5-7-11/h3-9,12H,1-2H3. The van der Waals surface area contributed by atoms with Crippen molar-refractivity contribution >= 4 is 6.08 Å². The summed E-state index contributed by atoms with van der Waals surface area (Å²) in [7, 11) is 3.78. The van der Waals surface area contributed by atoms with Crippen LogP contribution in [0.25, 0.3) is 6.08 Å². The molecule has 0 heterocycles. The normalized spacial score (nSPS) is 13.0. The van der Waals surface area contributed by atoms with Gasteiger partial charge < -0.3 is 0 Å². The highest BCUT2D eigenvalue weighted by atomic mass is 15.1. The predicted molar refractivity (Wildman–Crippen MR) is 58.6 cm³/mol. The largest absolute Gasteiger partial charge is 0.291 e. The molecule has 1 unspecified atom stereocenters. The number of benzene rings is 1. The van der Waals surface area contributed by atoms with Gasteiger partial charge in [-0.3, -0.25) is 4.90 Å². The van der Waals surface area contributed by atoms with Gasteiger partial charge in [0.1, 0.15) is 6.04 Å². The Balaban J connectivity index is 2.69. The molecule has 1 rings (SSSR count). The van der Waals surface area contributed by atoms with Crippen LogP contribution >= 0.6 is 0 Å². The number of likely N-dealkylation sites (N-methyl/N-ethyl adjacent to an activating group) is 1. The summed E-state index contributed by atoms with van der Waals surface area (Å²) in [4.78, 5) is 1.87. The third-order valence-electron chi connectivity index (χ3n) is 1.96. The fourth-order valence-electron chi connectivity index (χ4n) is 1.10. The molecular formula is C12H14N2. The maximum absolute atomic E-state index is 8.83. The molecule has 0 saturated carbocycles. The van der Waals surface area contributed by atoms with Crippen molar-refractivity contribution in [2.45, 2.75) is 6.04 Å². The summed E-state index contributed by atoms with van der Waals surface area (Å²) in [6, 6.07) is 12.0. The lowest BCUT2D eigenvalue weighted by Crippen LogP contribution is -2.23. The molecule has 14 heavy (non-hydrogen) atoms. The molecular weight excluding hydrogens is 172 g/mol. The predicted octanol–water partition coefficient (Wildman–Crippen LogP) is 2.15. The molecule has 1 aromatic rings. The van der Waals surface area contributed by atoms with Gasteiger partial charge in [-0.05, 0) is 19.7 Å². The summed E-state index contributed by atoms with van der Waals surface area (Å²) in [6.07, 6.45) is 3.86. The summed E-state index contributed by atoms with van der Waals surface area (Å²) in [5, 5.41) is 8.83. The Bertz CT molecular complexity index is 333. The Kier molecular flexibility index (Phi) is 3.90. The Morgan fingerprint density at radius 3 is 2.43 bits per heavy atom. The maximum atomic E-state index is 8.83. The van der Waals surface area contributed by atoms with Gasteiger partial charge >= 0.3 is 0 Å². The molecule has 1 aromatic carbocycles. The molecule has 0 radical (unpaired) electrons. The van der Waals surface area contributed by atoms with Crippen LogP contribution in [0.3, 0.4) is 0 Å². The lowest BCUT2D eigenvalue weighted by Gasteiger charge is -2.12. The second-order valence-electron chi connectivity index (χ2n) is 3.31. The number of rotatable bonds is 3. The summed E-state index contributed by atoms with van der Waals surface area (Å²) in [5.41, 5.74) is 1.12. The molecule has 0 spiro atoms. The minimum atomic E-state index is -0.157. The lowest BCUT2D eigenvalue weighted by atomic mass is 10.2. The van der Waals surface area contributed by atoms with E-state index in [1.54, 1.807) is 0 Å². The number of hydrogen-bond donors (Lipinski definition) is 0. The average molecular weight is 186 g/mol. The zero-order valence-electron chi connectivity index (χ0n) is 8.51. The first-order valence-corrected chi connectivity index (χ1v) is 4.53. The summed E-state index contributed by atoms with van der Waals surface area (Å²) >= 11 is 0. The van der Waals surface area contributed by atoms with Gasteiger partial charge in [0.15, 0.2) is 0 Å². The smallest absolute Gasteiger partial charge is 0.116 e. The summed E-state index contributed by atoms with van der Waals surface area (Å²) in [5.74, 6) is 0. The molecule has 0 bridgehead atoms. The van der Waals surface area contributed by atoms with E-state index < -0.39 is 0 Å². The van der Waals surface area contributed by atoms with E-state index in [2.05, 4.69) is 6.07 Å². The van der Waals surface area contributed by atoms with Crippen molar-refractivity contribution in [3.05, 3.63) is 42.0 Å². The van der Waals surface area contributed by atoms with Crippen molar-refractivity contribution in [3.63, 3.8) is 0 Å². The quantitative estimate of drug-likeness (QED) is 0.723. The monoisotopic (exact) mass is 186 g/mol. The first-order valence-electron chi connectivity index (χ1n) is 4.53. The average Bonchev–Trinajstić information content (AvgIpc) is 2.20. The topological polar surface area (TPSA) is 27.0 Å². The Morgan fingerprint density at radius 2 is 1.93 bits per heavy atom. The zero-order chi connectivity index (χ0) is 10.4. The number of nitrogens with zero attached hydrogens (tertiary/aromatic N) is 2. The number of nitriles is 1. The molecule has 0 N–H and O–H groups in total. The highest BCUT2D eigenvalue weighted by molar-refractivity contribution is 5.50. The molecule has 0 fully saturated rings. The molecule has 2 heteroatoms. The molecule has 0 aromatic heterocycles. The van der Waals surface area contributed by atoms with Crippen molar-refractivity contribution in [2.24, 2.45) is 0 Å². The van der Waals surface area contributed by atoms with Gasteiger partial charge in [0.2, 0.25) is 0 Å². The number of hydrogen-bond acceptors (Lipinski definition) is 2. The Labute approximate surface area is 85.1 Å². The van der Waals surface area contributed by atoms with E-state index in [1.165, 1.54) is 0 Å². The van der Waals surface area contributed by atoms with Crippen molar-refractivity contribution in [3.8, 4) is 6.07 Å². The van der Waals surface area contributed by atoms with E-state index >= 15 is 0 Å². The van der Waals surface area contributed by atoms with Gasteiger partial charge in [-0.15, -0.1) is 0 Å². The van der Waals surface area contributed by atoms with Crippen molar-refractivity contribution in [1.82, 2.24) is 4.90 Å². The molecule has 0 amide bonds. The highest BCUT2D eigenvalue weighted by Crippen LogP contribution is 2.03. The third kappa shape index (κ3) is 3.04. The molecule has 72 valence electrons. The van der Waals surface area contributed by atoms with Crippen LogP contribution in [0.1, 0.15) is 5.56 Å². The van der Waals surface area contributed by atoms with Gasteiger partial charge in [0.25, 0.3) is 0 Å². The second kappa shape index (κ2) is 5.21. The van der Waals surface area contributed by atoms with Crippen molar-refractivity contribution in [2.75, 3.05) is 14.1 Å². The molecule has 0 saturated heterocycles. The minimum Gasteiger partial charge on any atom is -0.291 e. The van der Waals surface area contributed by atoms with Gasteiger partial charge in [0.05, 0.1) is 6.07 Å². The molecule has 0 aliphatic heterocycles. The van der Waals surface area contributed by atoms with Gasteiger partial charge in [-0.25, -0.2) is 0 Å². The second-order valence-corrected chi connectivity index (χ2v) is 3.31. The van der Waals surface area contributed by atoms with Crippen molar-refractivity contribution in [1.29, 1.82) is 5.26 Å². The summed E-state index contributed by atoms with van der Waals surface area (Å²) < 4.78 is 0. The van der Waals surface area contributed by atoms with E-state index in [0.29, 0.717) is 0 Å². The van der Waals surface area contributed by atoms with Crippen LogP contribution in [-0.2, 0) is 0 Å². The van der Waals surface area contributed by atoms with Gasteiger partial charge in [-0.1, -0.05) is 42.5 Å². The highest BCUT2D eigenvalue weighted by Gasteiger charge is 2.03. The zero-order valence-corrected chi connectivity index (χ0v) is 8.51. The van der Waals surface area contributed by atoms with Crippen LogP contribution in [0, 0.1) is 11.3 Å². The Morgan fingerprint density at radius 1 is 1.29 bits per heavy atom. The first-order chi connectivity index (χ1) is 6.74. The SMILES string of the molecule is CN(C)C(C#N)C=Cc1ccccc1. The van der Waals surface area contributed by atoms with Crippen LogP contribution < -0.4 is 0 Å². The van der Waals surface area contributed by atoms with Crippen LogP contribution in [0.15, 0.2) is 36.4 Å². The molecule has 0 aliphatic carbocycles. The third-order valence-corrected chi connectivity index (χ3v) is 1.96. The van der Waals surface area contributed by atoms with E-state index in [1.807, 2.05) is 61.5 Å². The van der Waals surface area contributed by atoms with Crippen LogP contribution in [0.4, 0.5) is 0 Å². The summed E-state index contributed by atoms with van der Waals surface area (Å²) in [6.45, 7) is 0. The minimum absolute atomic E-state index is 0.157. The fraction of sp³-hybridized carbons (Fsp3) is 0.250. The van der Waals surface area contributed by atoms with Gasteiger partial charge in [0, 0.05) is 0 Å². The van der Waals surface area contributed by atoms with Crippen LogP contribution in [0.2, 0.25) is 0 Å². The maximum Gasteiger partial charge on any atom is 0.116 e. The van der Waals surface area contributed by atoms with E-state index in [4.69, 9.17) is 5.26 Å². The van der Waals surface area contributed by atoms with Crippen LogP contribution in [0.5, 0.6) is 0 Å². The van der Waals surface area contributed by atoms with Crippen LogP contribution in [-0.4, -0.2) is 25.0 Å².